The van der Waals surface area contributed by atoms with Crippen LogP contribution in [0.1, 0.15) is 40.0 Å². The molecule has 0 amide bonds. The highest BCUT2D eigenvalue weighted by Crippen LogP contribution is 2.65. The van der Waals surface area contributed by atoms with Gasteiger partial charge in [0.25, 0.3) is 0 Å². The number of hydrogen-bond donors (Lipinski definition) is 0. The van der Waals surface area contributed by atoms with Crippen molar-refractivity contribution in [3.63, 3.8) is 0 Å². The van der Waals surface area contributed by atoms with E-state index >= 15 is 0 Å². The summed E-state index contributed by atoms with van der Waals surface area (Å²) in [6.45, 7) is 6.85. The van der Waals surface area contributed by atoms with E-state index in [1.54, 1.807) is 0 Å². The van der Waals surface area contributed by atoms with Gasteiger partial charge in [0.15, 0.2) is 0 Å². The van der Waals surface area contributed by atoms with Crippen LogP contribution in [-0.4, -0.2) is 0 Å². The van der Waals surface area contributed by atoms with Crippen molar-refractivity contribution in [2.24, 2.45) is 22.7 Å². The largest absolute Gasteiger partial charge is 0.198 e. The second-order valence-electron chi connectivity index (χ2n) is 5.48. The van der Waals surface area contributed by atoms with Gasteiger partial charge in [0.05, 0.1) is 12.0 Å². The van der Waals surface area contributed by atoms with E-state index in [0.29, 0.717) is 11.3 Å². The van der Waals surface area contributed by atoms with Crippen LogP contribution in [0.4, 0.5) is 0 Å². The summed E-state index contributed by atoms with van der Waals surface area (Å²) < 4.78 is 0. The van der Waals surface area contributed by atoms with Crippen molar-refractivity contribution < 1.29 is 0 Å². The Kier molecular flexibility index (Phi) is 1.38. The van der Waals surface area contributed by atoms with E-state index in [1.807, 2.05) is 0 Å². The van der Waals surface area contributed by atoms with Crippen LogP contribution in [0.15, 0.2) is 0 Å². The van der Waals surface area contributed by atoms with Gasteiger partial charge in [0.2, 0.25) is 0 Å². The maximum Gasteiger partial charge on any atom is 0.0667 e. The second kappa shape index (κ2) is 2.05. The molecule has 0 aromatic carbocycles. The smallest absolute Gasteiger partial charge is 0.0667 e. The van der Waals surface area contributed by atoms with E-state index < -0.39 is 0 Å². The van der Waals surface area contributed by atoms with Crippen molar-refractivity contribution in [2.45, 2.75) is 40.0 Å². The summed E-state index contributed by atoms with van der Waals surface area (Å²) in [6, 6.07) is 2.53. The minimum absolute atomic E-state index is 0.280. The number of hydrogen-bond acceptors (Lipinski definition) is 1. The van der Waals surface area contributed by atoms with Crippen LogP contribution in [0.3, 0.4) is 0 Å². The fraction of sp³-hybridized carbons (Fsp3) is 0.909. The molecule has 0 aromatic rings. The molecule has 2 aliphatic rings. The van der Waals surface area contributed by atoms with Crippen molar-refractivity contribution in [2.75, 3.05) is 0 Å². The molecule has 0 aliphatic heterocycles. The molecule has 3 atom stereocenters. The monoisotopic (exact) mass is 163 g/mol. The Bertz CT molecular complexity index is 243. The van der Waals surface area contributed by atoms with Gasteiger partial charge in [-0.1, -0.05) is 20.8 Å². The molecule has 66 valence electrons. The van der Waals surface area contributed by atoms with Gasteiger partial charge >= 0.3 is 0 Å². The lowest BCUT2D eigenvalue weighted by Crippen LogP contribution is -2.33. The minimum Gasteiger partial charge on any atom is -0.198 e. The predicted octanol–water partition coefficient (Wildman–Crippen LogP) is 2.97. The third-order valence-electron chi connectivity index (χ3n) is 4.40. The quantitative estimate of drug-likeness (QED) is 0.538. The second-order valence-corrected chi connectivity index (χ2v) is 5.48. The Balaban J connectivity index is 2.39. The number of rotatable bonds is 0. The molecule has 0 heterocycles. The van der Waals surface area contributed by atoms with Gasteiger partial charge in [-0.3, -0.25) is 0 Å². The third-order valence-corrected chi connectivity index (χ3v) is 4.40. The first-order valence-electron chi connectivity index (χ1n) is 4.90. The Morgan fingerprint density at radius 1 is 1.33 bits per heavy atom. The summed E-state index contributed by atoms with van der Waals surface area (Å²) in [5, 5.41) is 9.14. The molecule has 2 saturated carbocycles. The highest BCUT2D eigenvalue weighted by molar-refractivity contribution is 5.15. The summed E-state index contributed by atoms with van der Waals surface area (Å²) >= 11 is 0. The average molecular weight is 163 g/mol. The average Bonchev–Trinajstić information content (AvgIpc) is 2.39. The number of nitriles is 1. The molecule has 0 saturated heterocycles. The van der Waals surface area contributed by atoms with Gasteiger partial charge < -0.3 is 0 Å². The van der Waals surface area contributed by atoms with Crippen molar-refractivity contribution in [1.82, 2.24) is 0 Å². The van der Waals surface area contributed by atoms with Crippen LogP contribution in [0.2, 0.25) is 0 Å². The molecule has 0 N–H and O–H groups in total. The number of nitrogens with zero attached hydrogens (tertiary/aromatic N) is 1. The van der Waals surface area contributed by atoms with E-state index in [0.717, 1.165) is 5.92 Å². The summed E-state index contributed by atoms with van der Waals surface area (Å²) in [5.41, 5.74) is 0.630. The van der Waals surface area contributed by atoms with Crippen molar-refractivity contribution in [1.29, 1.82) is 5.26 Å². The van der Waals surface area contributed by atoms with Gasteiger partial charge in [-0.05, 0) is 36.0 Å². The maximum absolute atomic E-state index is 9.14. The fourth-order valence-electron chi connectivity index (χ4n) is 3.62. The standard InChI is InChI=1S/C11H17N/c1-10(2)8-4-5-11(3,6-8)9(10)7-12/h8-9H,4-6H2,1-3H3/t8-,9-,11+/m0/s1. The highest BCUT2D eigenvalue weighted by atomic mass is 14.6. The first-order valence-corrected chi connectivity index (χ1v) is 4.90. The molecule has 2 aliphatic carbocycles. The molecular weight excluding hydrogens is 146 g/mol. The lowest BCUT2D eigenvalue weighted by atomic mass is 9.65. The first kappa shape index (κ1) is 8.10. The topological polar surface area (TPSA) is 23.8 Å². The van der Waals surface area contributed by atoms with Crippen molar-refractivity contribution in [3.05, 3.63) is 0 Å². The summed E-state index contributed by atoms with van der Waals surface area (Å²) in [6.07, 6.45) is 3.92. The maximum atomic E-state index is 9.14. The summed E-state index contributed by atoms with van der Waals surface area (Å²) in [7, 11) is 0. The SMILES string of the molecule is CC1(C)[C@H]2CC[C@](C)(C2)[C@H]1C#N. The Morgan fingerprint density at radius 3 is 2.33 bits per heavy atom. The lowest BCUT2D eigenvalue weighted by molar-refractivity contribution is 0.119. The van der Waals surface area contributed by atoms with Crippen molar-refractivity contribution in [3.8, 4) is 6.07 Å². The fourth-order valence-corrected chi connectivity index (χ4v) is 3.62. The first-order chi connectivity index (χ1) is 5.50. The molecule has 0 aromatic heterocycles. The van der Waals surface area contributed by atoms with Crippen LogP contribution < -0.4 is 0 Å². The third kappa shape index (κ3) is 0.736. The van der Waals surface area contributed by atoms with Crippen LogP contribution in [0.25, 0.3) is 0 Å². The molecule has 0 radical (unpaired) electrons. The van der Waals surface area contributed by atoms with Gasteiger partial charge in [0, 0.05) is 0 Å². The van der Waals surface area contributed by atoms with Gasteiger partial charge in [-0.2, -0.15) is 5.26 Å². The Morgan fingerprint density at radius 2 is 2.00 bits per heavy atom. The molecule has 2 bridgehead atoms. The molecule has 2 fully saturated rings. The van der Waals surface area contributed by atoms with Crippen LogP contribution >= 0.6 is 0 Å². The van der Waals surface area contributed by atoms with E-state index in [1.165, 1.54) is 19.3 Å². The molecule has 12 heavy (non-hydrogen) atoms. The molecule has 1 nitrogen and oxygen atoms in total. The lowest BCUT2D eigenvalue weighted by Gasteiger charge is -2.38. The van der Waals surface area contributed by atoms with Gasteiger partial charge in [-0.25, -0.2) is 0 Å². The molecule has 0 unspecified atom stereocenters. The molecule has 0 spiro atoms. The Labute approximate surface area is 74.8 Å². The van der Waals surface area contributed by atoms with Crippen LogP contribution in [0, 0.1) is 34.0 Å². The zero-order chi connectivity index (χ0) is 8.98. The molecule has 1 heteroatoms. The van der Waals surface area contributed by atoms with E-state index in [-0.39, 0.29) is 5.41 Å². The van der Waals surface area contributed by atoms with E-state index in [2.05, 4.69) is 26.8 Å². The molecule has 2 rings (SSSR count). The predicted molar refractivity (Wildman–Crippen MR) is 48.3 cm³/mol. The van der Waals surface area contributed by atoms with Crippen LogP contribution in [0.5, 0.6) is 0 Å². The summed E-state index contributed by atoms with van der Waals surface area (Å²) in [4.78, 5) is 0. The summed E-state index contributed by atoms with van der Waals surface area (Å²) in [5.74, 6) is 1.11. The van der Waals surface area contributed by atoms with E-state index in [9.17, 15) is 0 Å². The van der Waals surface area contributed by atoms with Gasteiger partial charge in [0.1, 0.15) is 0 Å². The van der Waals surface area contributed by atoms with Crippen LogP contribution in [-0.2, 0) is 0 Å². The molecular formula is C11H17N. The minimum atomic E-state index is 0.280. The van der Waals surface area contributed by atoms with E-state index in [4.69, 9.17) is 5.26 Å². The normalized spacial score (nSPS) is 49.2. The highest BCUT2D eigenvalue weighted by Gasteiger charge is 2.59. The van der Waals surface area contributed by atoms with Gasteiger partial charge in [-0.15, -0.1) is 0 Å². The Hall–Kier alpha value is -0.510. The zero-order valence-corrected chi connectivity index (χ0v) is 8.22. The van der Waals surface area contributed by atoms with Crippen molar-refractivity contribution >= 4 is 0 Å². The number of fused-ring (bicyclic) bond motifs is 2. The zero-order valence-electron chi connectivity index (χ0n) is 8.22.